The molecule has 1 aliphatic carbocycles. The van der Waals surface area contributed by atoms with Crippen molar-refractivity contribution in [3.8, 4) is 0 Å². The lowest BCUT2D eigenvalue weighted by Gasteiger charge is -2.09. The molecule has 22 heavy (non-hydrogen) atoms. The first-order chi connectivity index (χ1) is 10.7. The van der Waals surface area contributed by atoms with E-state index in [1.807, 2.05) is 0 Å². The minimum absolute atomic E-state index is 0.0263. The lowest BCUT2D eigenvalue weighted by atomic mass is 9.97. The third-order valence-electron chi connectivity index (χ3n) is 3.61. The molecule has 0 saturated heterocycles. The largest absolute Gasteiger partial charge is 0.379 e. The summed E-state index contributed by atoms with van der Waals surface area (Å²) in [5.74, 6) is 1.16. The average Bonchev–Trinajstić information content (AvgIpc) is 2.89. The molecule has 5 nitrogen and oxygen atoms in total. The molecule has 0 unspecified atom stereocenters. The molecule has 0 saturated carbocycles. The quantitative estimate of drug-likeness (QED) is 0.511. The van der Waals surface area contributed by atoms with E-state index < -0.39 is 0 Å². The number of thioether (sulfide) groups is 1. The Bertz CT molecular complexity index is 791. The highest BCUT2D eigenvalue weighted by molar-refractivity contribution is 8.13. The molecule has 7 heteroatoms. The highest BCUT2D eigenvalue weighted by Crippen LogP contribution is 2.33. The Morgan fingerprint density at radius 3 is 3.14 bits per heavy atom. The molecule has 0 bridgehead atoms. The summed E-state index contributed by atoms with van der Waals surface area (Å²) in [6.45, 7) is 4.10. The van der Waals surface area contributed by atoms with E-state index in [4.69, 9.17) is 5.73 Å². The zero-order chi connectivity index (χ0) is 15.5. The number of nitrogens with one attached hydrogen (secondary N) is 1. The van der Waals surface area contributed by atoms with Gasteiger partial charge in [0.25, 0.3) is 5.56 Å². The van der Waals surface area contributed by atoms with Gasteiger partial charge < -0.3 is 10.7 Å². The van der Waals surface area contributed by atoms with E-state index in [0.29, 0.717) is 23.3 Å². The number of H-pyrrole nitrogens is 1. The van der Waals surface area contributed by atoms with Crippen molar-refractivity contribution < 1.29 is 0 Å². The number of aromatic amines is 1. The van der Waals surface area contributed by atoms with Gasteiger partial charge in [0.2, 0.25) is 0 Å². The monoisotopic (exact) mass is 334 g/mol. The first kappa shape index (κ1) is 15.3. The van der Waals surface area contributed by atoms with Crippen LogP contribution in [0.1, 0.15) is 29.1 Å². The van der Waals surface area contributed by atoms with Gasteiger partial charge in [-0.15, -0.1) is 17.9 Å². The summed E-state index contributed by atoms with van der Waals surface area (Å²) in [4.78, 5) is 26.2. The predicted molar refractivity (Wildman–Crippen MR) is 94.9 cm³/mol. The summed E-state index contributed by atoms with van der Waals surface area (Å²) in [6.07, 6.45) is 6.12. The van der Waals surface area contributed by atoms with Crippen LogP contribution < -0.4 is 11.3 Å². The van der Waals surface area contributed by atoms with Crippen LogP contribution in [-0.4, -0.2) is 21.7 Å². The Labute approximate surface area is 136 Å². The number of hydrogen-bond acceptors (Lipinski definition) is 5. The molecule has 2 heterocycles. The van der Waals surface area contributed by atoms with Crippen LogP contribution in [0.2, 0.25) is 0 Å². The number of thiophene rings is 1. The van der Waals surface area contributed by atoms with Crippen LogP contribution in [0.4, 0.5) is 0 Å². The van der Waals surface area contributed by atoms with Crippen molar-refractivity contribution in [2.24, 2.45) is 10.7 Å². The van der Waals surface area contributed by atoms with Gasteiger partial charge in [0.05, 0.1) is 17.7 Å². The SMILES string of the molecule is C=CCN=C(N)SCc1nc2sc3c(c2c(=O)[nH]1)CCCC3. The number of nitrogens with two attached hydrogens (primary N) is 1. The molecule has 0 atom stereocenters. The molecule has 1 aliphatic rings. The zero-order valence-electron chi connectivity index (χ0n) is 12.2. The van der Waals surface area contributed by atoms with Gasteiger partial charge >= 0.3 is 0 Å². The second-order valence-electron chi connectivity index (χ2n) is 5.16. The van der Waals surface area contributed by atoms with E-state index in [1.54, 1.807) is 17.4 Å². The lowest BCUT2D eigenvalue weighted by molar-refractivity contribution is 0.700. The van der Waals surface area contributed by atoms with Gasteiger partial charge in [0.15, 0.2) is 5.17 Å². The Morgan fingerprint density at radius 2 is 2.32 bits per heavy atom. The number of aliphatic imine (C=N–C) groups is 1. The number of nitrogens with zero attached hydrogens (tertiary/aromatic N) is 2. The third-order valence-corrected chi connectivity index (χ3v) is 5.64. The van der Waals surface area contributed by atoms with E-state index in [-0.39, 0.29) is 5.56 Å². The fourth-order valence-electron chi connectivity index (χ4n) is 2.62. The van der Waals surface area contributed by atoms with Crippen molar-refractivity contribution in [3.63, 3.8) is 0 Å². The number of aryl methyl sites for hydroxylation is 2. The van der Waals surface area contributed by atoms with E-state index >= 15 is 0 Å². The predicted octanol–water partition coefficient (Wildman–Crippen LogP) is 2.60. The van der Waals surface area contributed by atoms with Crippen LogP contribution >= 0.6 is 23.1 Å². The molecule has 0 radical (unpaired) electrons. The van der Waals surface area contributed by atoms with Gasteiger partial charge in [-0.05, 0) is 31.2 Å². The van der Waals surface area contributed by atoms with Crippen molar-refractivity contribution in [3.05, 3.63) is 39.3 Å². The summed E-state index contributed by atoms with van der Waals surface area (Å²) >= 11 is 3.03. The molecule has 3 N–H and O–H groups in total. The Balaban J connectivity index is 1.86. The van der Waals surface area contributed by atoms with E-state index in [0.717, 1.165) is 29.5 Å². The number of rotatable bonds is 4. The minimum Gasteiger partial charge on any atom is -0.379 e. The van der Waals surface area contributed by atoms with Gasteiger partial charge in [-0.3, -0.25) is 9.79 Å². The summed E-state index contributed by atoms with van der Waals surface area (Å²) in [5, 5.41) is 1.27. The van der Waals surface area contributed by atoms with Crippen LogP contribution in [-0.2, 0) is 18.6 Å². The van der Waals surface area contributed by atoms with E-state index in [1.165, 1.54) is 28.6 Å². The fraction of sp³-hybridized carbons (Fsp3) is 0.400. The van der Waals surface area contributed by atoms with Crippen molar-refractivity contribution in [1.82, 2.24) is 9.97 Å². The Morgan fingerprint density at radius 1 is 1.50 bits per heavy atom. The highest BCUT2D eigenvalue weighted by atomic mass is 32.2. The molecular weight excluding hydrogens is 316 g/mol. The molecule has 0 spiro atoms. The second-order valence-corrected chi connectivity index (χ2v) is 7.24. The first-order valence-corrected chi connectivity index (χ1v) is 9.06. The first-order valence-electron chi connectivity index (χ1n) is 7.26. The maximum atomic E-state index is 12.4. The highest BCUT2D eigenvalue weighted by Gasteiger charge is 2.19. The molecule has 2 aromatic heterocycles. The topological polar surface area (TPSA) is 84.1 Å². The normalized spacial score (nSPS) is 15.0. The van der Waals surface area contributed by atoms with Crippen molar-refractivity contribution in [1.29, 1.82) is 0 Å². The van der Waals surface area contributed by atoms with Crippen LogP contribution in [0.15, 0.2) is 22.4 Å². The second kappa shape index (κ2) is 6.66. The maximum Gasteiger partial charge on any atom is 0.259 e. The lowest BCUT2D eigenvalue weighted by Crippen LogP contribution is -2.14. The van der Waals surface area contributed by atoms with Gasteiger partial charge in [-0.25, -0.2) is 4.98 Å². The molecule has 0 fully saturated rings. The Kier molecular flexibility index (Phi) is 4.63. The molecule has 3 rings (SSSR count). The van der Waals surface area contributed by atoms with Crippen molar-refractivity contribution in [2.75, 3.05) is 6.54 Å². The molecular formula is C15H18N4OS2. The summed E-state index contributed by atoms with van der Waals surface area (Å²) < 4.78 is 0. The van der Waals surface area contributed by atoms with Gasteiger partial charge in [-0.2, -0.15) is 0 Å². The molecule has 0 aromatic carbocycles. The van der Waals surface area contributed by atoms with Gasteiger partial charge in [0, 0.05) is 4.88 Å². The molecule has 0 aliphatic heterocycles. The molecule has 2 aromatic rings. The fourth-order valence-corrected chi connectivity index (χ4v) is 4.49. The molecule has 0 amide bonds. The number of amidine groups is 1. The van der Waals surface area contributed by atoms with Crippen LogP contribution in [0.3, 0.4) is 0 Å². The van der Waals surface area contributed by atoms with E-state index in [2.05, 4.69) is 21.5 Å². The van der Waals surface area contributed by atoms with E-state index in [9.17, 15) is 4.79 Å². The molecule has 116 valence electrons. The third kappa shape index (κ3) is 3.10. The van der Waals surface area contributed by atoms with Crippen molar-refractivity contribution >= 4 is 38.5 Å². The number of aromatic nitrogens is 2. The van der Waals surface area contributed by atoms with Crippen LogP contribution in [0.25, 0.3) is 10.2 Å². The summed E-state index contributed by atoms with van der Waals surface area (Å²) in [7, 11) is 0. The maximum absolute atomic E-state index is 12.4. The summed E-state index contributed by atoms with van der Waals surface area (Å²) in [5.41, 5.74) is 6.97. The van der Waals surface area contributed by atoms with Crippen LogP contribution in [0, 0.1) is 0 Å². The minimum atomic E-state index is -0.0263. The average molecular weight is 334 g/mol. The number of hydrogen-bond donors (Lipinski definition) is 2. The zero-order valence-corrected chi connectivity index (χ0v) is 13.9. The van der Waals surface area contributed by atoms with Crippen molar-refractivity contribution in [2.45, 2.75) is 31.4 Å². The standard InChI is InChI=1S/C15H18N4OS2/c1-2-7-17-15(16)21-8-11-18-13(20)12-9-5-3-4-6-10(9)22-14(12)19-11/h2H,1,3-8H2,(H2,16,17)(H,18,19,20). The van der Waals surface area contributed by atoms with Gasteiger partial charge in [0.1, 0.15) is 10.7 Å². The smallest absolute Gasteiger partial charge is 0.259 e. The Hall–Kier alpha value is -1.60. The number of fused-ring (bicyclic) bond motifs is 3. The van der Waals surface area contributed by atoms with Gasteiger partial charge in [-0.1, -0.05) is 17.8 Å². The van der Waals surface area contributed by atoms with Crippen LogP contribution in [0.5, 0.6) is 0 Å². The summed E-state index contributed by atoms with van der Waals surface area (Å²) in [6, 6.07) is 0.